The first kappa shape index (κ1) is 19.5. The van der Waals surface area contributed by atoms with Gasteiger partial charge in [-0.1, -0.05) is 29.5 Å². The van der Waals surface area contributed by atoms with E-state index in [1.807, 2.05) is 38.1 Å². The monoisotopic (exact) mass is 424 g/mol. The van der Waals surface area contributed by atoms with E-state index in [2.05, 4.69) is 20.5 Å². The Morgan fingerprint density at radius 2 is 1.79 bits per heavy atom. The van der Waals surface area contributed by atoms with Crippen LogP contribution in [0.5, 0.6) is 0 Å². The number of thioether (sulfide) groups is 1. The summed E-state index contributed by atoms with van der Waals surface area (Å²) in [7, 11) is 0. The molecule has 4 rings (SSSR count). The van der Waals surface area contributed by atoms with E-state index < -0.39 is 0 Å². The van der Waals surface area contributed by atoms with Gasteiger partial charge in [-0.2, -0.15) is 0 Å². The smallest absolute Gasteiger partial charge is 0.234 e. The van der Waals surface area contributed by atoms with Crippen LogP contribution in [0.15, 0.2) is 53.6 Å². The molecule has 0 radical (unpaired) electrons. The van der Waals surface area contributed by atoms with Crippen LogP contribution < -0.4 is 5.32 Å². The second-order valence-corrected chi connectivity index (χ2v) is 8.64. The Kier molecular flexibility index (Phi) is 5.55. The third-order valence-electron chi connectivity index (χ3n) is 4.19. The summed E-state index contributed by atoms with van der Waals surface area (Å²) in [4.78, 5) is 16.9. The maximum Gasteiger partial charge on any atom is 0.234 e. The normalized spacial score (nSPS) is 11.0. The number of aryl methyl sites for hydroxylation is 2. The average Bonchev–Trinajstić information content (AvgIpc) is 3.10. The molecule has 0 aliphatic carbocycles. The first-order valence-corrected chi connectivity index (χ1v) is 10.7. The fraction of sp³-hybridized carbons (Fsp3) is 0.143. The van der Waals surface area contributed by atoms with E-state index in [0.29, 0.717) is 10.7 Å². The summed E-state index contributed by atoms with van der Waals surface area (Å²) >= 11 is 2.81. The van der Waals surface area contributed by atoms with Crippen LogP contribution in [-0.4, -0.2) is 26.8 Å². The molecular weight excluding hydrogens is 407 g/mol. The van der Waals surface area contributed by atoms with E-state index >= 15 is 0 Å². The molecule has 5 nitrogen and oxygen atoms in total. The molecule has 146 valence electrons. The van der Waals surface area contributed by atoms with Gasteiger partial charge in [0.2, 0.25) is 5.91 Å². The molecule has 29 heavy (non-hydrogen) atoms. The molecule has 1 amide bonds. The molecule has 2 aromatic carbocycles. The number of rotatable bonds is 5. The van der Waals surface area contributed by atoms with Gasteiger partial charge in [-0.25, -0.2) is 9.37 Å². The number of halogens is 1. The second kappa shape index (κ2) is 8.26. The molecule has 0 bridgehead atoms. The first-order chi connectivity index (χ1) is 14.0. The van der Waals surface area contributed by atoms with Crippen LogP contribution in [0.4, 0.5) is 10.1 Å². The summed E-state index contributed by atoms with van der Waals surface area (Å²) in [5.74, 6) is -0.224. The Bertz CT molecular complexity index is 1170. The third kappa shape index (κ3) is 4.44. The Morgan fingerprint density at radius 1 is 1.07 bits per heavy atom. The summed E-state index contributed by atoms with van der Waals surface area (Å²) in [5, 5.41) is 13.0. The molecule has 4 aromatic rings. The summed E-state index contributed by atoms with van der Waals surface area (Å²) in [6, 6.07) is 13.8. The van der Waals surface area contributed by atoms with Gasteiger partial charge in [0, 0.05) is 11.3 Å². The largest absolute Gasteiger partial charge is 0.325 e. The average molecular weight is 425 g/mol. The predicted octanol–water partition coefficient (Wildman–Crippen LogP) is 5.24. The molecule has 0 saturated carbocycles. The lowest BCUT2D eigenvalue weighted by atomic mass is 10.1. The minimum absolute atomic E-state index is 0.122. The minimum Gasteiger partial charge on any atom is -0.325 e. The molecule has 0 atom stereocenters. The highest BCUT2D eigenvalue weighted by molar-refractivity contribution is 8.00. The molecule has 0 unspecified atom stereocenters. The van der Waals surface area contributed by atoms with Crippen molar-refractivity contribution >= 4 is 44.9 Å². The van der Waals surface area contributed by atoms with Gasteiger partial charge in [0.15, 0.2) is 0 Å². The molecule has 0 fully saturated rings. The zero-order valence-corrected chi connectivity index (χ0v) is 17.4. The van der Waals surface area contributed by atoms with E-state index in [0.717, 1.165) is 32.0 Å². The number of benzene rings is 2. The number of hydrogen-bond donors (Lipinski definition) is 1. The molecule has 2 heterocycles. The number of anilines is 1. The van der Waals surface area contributed by atoms with Gasteiger partial charge in [-0.05, 0) is 50.2 Å². The van der Waals surface area contributed by atoms with Crippen LogP contribution in [0.2, 0.25) is 0 Å². The van der Waals surface area contributed by atoms with E-state index in [9.17, 15) is 9.18 Å². The topological polar surface area (TPSA) is 67.8 Å². The van der Waals surface area contributed by atoms with Crippen molar-refractivity contribution in [3.8, 4) is 11.3 Å². The fourth-order valence-electron chi connectivity index (χ4n) is 2.78. The Balaban J connectivity index is 1.55. The number of thiazole rings is 1. The molecule has 1 N–H and O–H groups in total. The first-order valence-electron chi connectivity index (χ1n) is 8.88. The van der Waals surface area contributed by atoms with Gasteiger partial charge in [-0.3, -0.25) is 4.79 Å². The number of aromatic nitrogens is 3. The van der Waals surface area contributed by atoms with Crippen LogP contribution in [0, 0.1) is 19.7 Å². The van der Waals surface area contributed by atoms with Gasteiger partial charge >= 0.3 is 0 Å². The summed E-state index contributed by atoms with van der Waals surface area (Å²) in [6.45, 7) is 3.91. The Morgan fingerprint density at radius 3 is 2.52 bits per heavy atom. The van der Waals surface area contributed by atoms with Crippen molar-refractivity contribution in [2.45, 2.75) is 18.9 Å². The summed E-state index contributed by atoms with van der Waals surface area (Å²) in [5.41, 5.74) is 4.05. The summed E-state index contributed by atoms with van der Waals surface area (Å²) < 4.78 is 14.1. The lowest BCUT2D eigenvalue weighted by Crippen LogP contribution is -2.14. The van der Waals surface area contributed by atoms with Crippen LogP contribution in [-0.2, 0) is 4.79 Å². The lowest BCUT2D eigenvalue weighted by molar-refractivity contribution is -0.113. The quantitative estimate of drug-likeness (QED) is 0.444. The molecule has 0 spiro atoms. The zero-order chi connectivity index (χ0) is 20.4. The molecule has 0 aliphatic heterocycles. The molecule has 0 saturated heterocycles. The number of carbonyl (C=O) groups is 1. The number of nitrogens with one attached hydrogen (secondary N) is 1. The maximum absolute atomic E-state index is 13.2. The van der Waals surface area contributed by atoms with Crippen molar-refractivity contribution in [3.63, 3.8) is 0 Å². The molecular formula is C21H17FN4OS2. The van der Waals surface area contributed by atoms with Gasteiger partial charge < -0.3 is 5.32 Å². The zero-order valence-electron chi connectivity index (χ0n) is 15.8. The summed E-state index contributed by atoms with van der Waals surface area (Å²) in [6.07, 6.45) is 0. The van der Waals surface area contributed by atoms with Gasteiger partial charge in [0.1, 0.15) is 22.1 Å². The minimum atomic E-state index is -0.301. The standard InChI is InChI=1S/C21H17FN4OS2/c1-12-3-9-16(10-4-12)24-17(27)11-28-21-19-20(29-13(2)23-19)18(25-26-21)14-5-7-15(22)8-6-14/h3-10H,11H2,1-2H3,(H,24,27). The van der Waals surface area contributed by atoms with E-state index in [1.54, 1.807) is 12.1 Å². The van der Waals surface area contributed by atoms with Crippen molar-refractivity contribution in [1.82, 2.24) is 15.2 Å². The van der Waals surface area contributed by atoms with E-state index in [-0.39, 0.29) is 17.5 Å². The highest BCUT2D eigenvalue weighted by atomic mass is 32.2. The van der Waals surface area contributed by atoms with Crippen molar-refractivity contribution < 1.29 is 9.18 Å². The third-order valence-corrected chi connectivity index (χ3v) is 6.12. The lowest BCUT2D eigenvalue weighted by Gasteiger charge is -2.07. The Hall–Kier alpha value is -2.84. The second-order valence-electron chi connectivity index (χ2n) is 6.47. The van der Waals surface area contributed by atoms with Crippen molar-refractivity contribution in [1.29, 1.82) is 0 Å². The number of carbonyl (C=O) groups excluding carboxylic acids is 1. The number of nitrogens with zero attached hydrogens (tertiary/aromatic N) is 3. The molecule has 0 aliphatic rings. The van der Waals surface area contributed by atoms with Crippen LogP contribution >= 0.6 is 23.1 Å². The highest BCUT2D eigenvalue weighted by Gasteiger charge is 2.17. The highest BCUT2D eigenvalue weighted by Crippen LogP contribution is 2.35. The Labute approximate surface area is 175 Å². The van der Waals surface area contributed by atoms with E-state index in [4.69, 9.17) is 0 Å². The van der Waals surface area contributed by atoms with Crippen molar-refractivity contribution in [3.05, 3.63) is 64.9 Å². The van der Waals surface area contributed by atoms with Gasteiger partial charge in [-0.15, -0.1) is 21.5 Å². The van der Waals surface area contributed by atoms with E-state index in [1.165, 1.54) is 35.2 Å². The predicted molar refractivity (Wildman–Crippen MR) is 116 cm³/mol. The molecule has 2 aromatic heterocycles. The number of hydrogen-bond acceptors (Lipinski definition) is 6. The van der Waals surface area contributed by atoms with Crippen LogP contribution in [0.3, 0.4) is 0 Å². The van der Waals surface area contributed by atoms with Gasteiger partial charge in [0.25, 0.3) is 0 Å². The number of amides is 1. The van der Waals surface area contributed by atoms with Crippen molar-refractivity contribution in [2.75, 3.05) is 11.1 Å². The SMILES string of the molecule is Cc1ccc(NC(=O)CSc2nnc(-c3ccc(F)cc3)c3sc(C)nc23)cc1. The number of fused-ring (bicyclic) bond motifs is 1. The van der Waals surface area contributed by atoms with Crippen LogP contribution in [0.25, 0.3) is 21.5 Å². The van der Waals surface area contributed by atoms with Crippen LogP contribution in [0.1, 0.15) is 10.6 Å². The fourth-order valence-corrected chi connectivity index (χ4v) is 4.50. The molecule has 8 heteroatoms. The van der Waals surface area contributed by atoms with Crippen molar-refractivity contribution in [2.24, 2.45) is 0 Å². The van der Waals surface area contributed by atoms with Gasteiger partial charge in [0.05, 0.1) is 15.5 Å². The maximum atomic E-state index is 13.2.